The number of rotatable bonds is 2. The summed E-state index contributed by atoms with van der Waals surface area (Å²) < 4.78 is 0. The highest BCUT2D eigenvalue weighted by Gasteiger charge is 2.32. The molecule has 2 atom stereocenters. The van der Waals surface area contributed by atoms with Crippen molar-refractivity contribution in [3.05, 3.63) is 21.9 Å². The summed E-state index contributed by atoms with van der Waals surface area (Å²) in [4.78, 5) is 5.53. The van der Waals surface area contributed by atoms with E-state index in [0.29, 0.717) is 17.5 Å². The molecule has 0 aromatic carbocycles. The van der Waals surface area contributed by atoms with Crippen LogP contribution < -0.4 is 5.32 Å². The highest BCUT2D eigenvalue weighted by Crippen LogP contribution is 2.25. The number of hydrogen-bond donors (Lipinski definition) is 1. The zero-order valence-corrected chi connectivity index (χ0v) is 13.1. The van der Waals surface area contributed by atoms with E-state index in [1.807, 2.05) is 11.3 Å². The van der Waals surface area contributed by atoms with Crippen LogP contribution >= 0.6 is 11.3 Å². The van der Waals surface area contributed by atoms with E-state index in [2.05, 4.69) is 57.0 Å². The third-order valence-corrected chi connectivity index (χ3v) is 4.89. The van der Waals surface area contributed by atoms with Crippen LogP contribution in [-0.2, 0) is 6.54 Å². The van der Waals surface area contributed by atoms with Crippen LogP contribution in [0.25, 0.3) is 0 Å². The predicted octanol–water partition coefficient (Wildman–Crippen LogP) is 3.26. The lowest BCUT2D eigenvalue weighted by molar-refractivity contribution is 0.0886. The van der Waals surface area contributed by atoms with Crippen LogP contribution in [0.4, 0.5) is 0 Å². The van der Waals surface area contributed by atoms with Gasteiger partial charge >= 0.3 is 0 Å². The Kier molecular flexibility index (Phi) is 4.15. The van der Waals surface area contributed by atoms with Crippen molar-refractivity contribution >= 4 is 11.3 Å². The van der Waals surface area contributed by atoms with E-state index in [0.717, 1.165) is 19.6 Å². The third kappa shape index (κ3) is 3.34. The fourth-order valence-electron chi connectivity index (χ4n) is 2.49. The second-order valence-electron chi connectivity index (χ2n) is 6.62. The molecule has 3 heteroatoms. The smallest absolute Gasteiger partial charge is 0.0332 e. The van der Waals surface area contributed by atoms with Crippen LogP contribution in [0.2, 0.25) is 0 Å². The molecule has 2 unspecified atom stereocenters. The third-order valence-electron chi connectivity index (χ3n) is 3.90. The Balaban J connectivity index is 2.02. The van der Waals surface area contributed by atoms with Gasteiger partial charge in [0.25, 0.3) is 0 Å². The van der Waals surface area contributed by atoms with Gasteiger partial charge in [0.2, 0.25) is 0 Å². The molecule has 0 aliphatic carbocycles. The largest absolute Gasteiger partial charge is 0.311 e. The average molecular weight is 266 g/mol. The Morgan fingerprint density at radius 2 is 2.11 bits per heavy atom. The van der Waals surface area contributed by atoms with E-state index in [4.69, 9.17) is 0 Å². The van der Waals surface area contributed by atoms with Gasteiger partial charge in [0.05, 0.1) is 0 Å². The summed E-state index contributed by atoms with van der Waals surface area (Å²) in [5, 5.41) is 3.69. The normalized spacial score (nSPS) is 26.5. The molecule has 1 aromatic rings. The molecule has 102 valence electrons. The molecule has 2 heterocycles. The lowest BCUT2D eigenvalue weighted by Gasteiger charge is -2.43. The van der Waals surface area contributed by atoms with Crippen molar-refractivity contribution in [2.24, 2.45) is 5.41 Å². The second kappa shape index (κ2) is 5.32. The summed E-state index contributed by atoms with van der Waals surface area (Å²) >= 11 is 1.93. The van der Waals surface area contributed by atoms with Crippen molar-refractivity contribution in [1.29, 1.82) is 0 Å². The fraction of sp³-hybridized carbons (Fsp3) is 0.733. The molecule has 1 N–H and O–H groups in total. The lowest BCUT2D eigenvalue weighted by Crippen LogP contribution is -2.59. The van der Waals surface area contributed by atoms with Crippen molar-refractivity contribution in [2.75, 3.05) is 13.1 Å². The molecule has 0 saturated carbocycles. The van der Waals surface area contributed by atoms with Gasteiger partial charge < -0.3 is 5.32 Å². The van der Waals surface area contributed by atoms with Gasteiger partial charge in [-0.3, -0.25) is 4.90 Å². The van der Waals surface area contributed by atoms with Gasteiger partial charge in [-0.25, -0.2) is 0 Å². The molecule has 1 saturated heterocycles. The first-order valence-corrected chi connectivity index (χ1v) is 7.70. The first-order chi connectivity index (χ1) is 8.36. The molecule has 1 aliphatic heterocycles. The fourth-order valence-corrected chi connectivity index (χ4v) is 3.41. The maximum Gasteiger partial charge on any atom is 0.0332 e. The first kappa shape index (κ1) is 14.0. The SMILES string of the molecule is Cc1ccc(CN2CC(C(C)(C)C)NCC2C)s1. The van der Waals surface area contributed by atoms with E-state index in [-0.39, 0.29) is 0 Å². The van der Waals surface area contributed by atoms with Crippen LogP contribution in [0.15, 0.2) is 12.1 Å². The van der Waals surface area contributed by atoms with Crippen LogP contribution in [-0.4, -0.2) is 30.1 Å². The van der Waals surface area contributed by atoms with Crippen molar-refractivity contribution in [2.45, 2.75) is 53.2 Å². The zero-order valence-electron chi connectivity index (χ0n) is 12.3. The quantitative estimate of drug-likeness (QED) is 0.884. The van der Waals surface area contributed by atoms with Crippen LogP contribution in [0.3, 0.4) is 0 Å². The molecule has 0 bridgehead atoms. The van der Waals surface area contributed by atoms with Crippen molar-refractivity contribution in [3.8, 4) is 0 Å². The predicted molar refractivity (Wildman–Crippen MR) is 80.2 cm³/mol. The molecule has 18 heavy (non-hydrogen) atoms. The summed E-state index contributed by atoms with van der Waals surface area (Å²) in [5.41, 5.74) is 0.337. The minimum atomic E-state index is 0.337. The lowest BCUT2D eigenvalue weighted by atomic mass is 9.85. The van der Waals surface area contributed by atoms with Gasteiger partial charge in [0.15, 0.2) is 0 Å². The molecule has 2 rings (SSSR count). The average Bonchev–Trinajstić information content (AvgIpc) is 2.66. The molecule has 1 aliphatic rings. The van der Waals surface area contributed by atoms with Gasteiger partial charge in [-0.15, -0.1) is 11.3 Å². The Morgan fingerprint density at radius 1 is 1.39 bits per heavy atom. The van der Waals surface area contributed by atoms with Crippen molar-refractivity contribution in [3.63, 3.8) is 0 Å². The Morgan fingerprint density at radius 3 is 2.67 bits per heavy atom. The topological polar surface area (TPSA) is 15.3 Å². The number of piperazine rings is 1. The van der Waals surface area contributed by atoms with E-state index in [1.165, 1.54) is 9.75 Å². The van der Waals surface area contributed by atoms with E-state index >= 15 is 0 Å². The first-order valence-electron chi connectivity index (χ1n) is 6.89. The Bertz CT molecular complexity index is 391. The summed E-state index contributed by atoms with van der Waals surface area (Å²) in [7, 11) is 0. The van der Waals surface area contributed by atoms with E-state index in [1.54, 1.807) is 0 Å². The molecule has 1 fully saturated rings. The molecule has 1 aromatic heterocycles. The van der Waals surface area contributed by atoms with Crippen molar-refractivity contribution in [1.82, 2.24) is 10.2 Å². The maximum atomic E-state index is 3.69. The number of nitrogens with one attached hydrogen (secondary N) is 1. The zero-order chi connectivity index (χ0) is 13.3. The number of hydrogen-bond acceptors (Lipinski definition) is 3. The highest BCUT2D eigenvalue weighted by atomic mass is 32.1. The summed E-state index contributed by atoms with van der Waals surface area (Å²) in [6, 6.07) is 5.73. The standard InChI is InChI=1S/C15H26N2S/c1-11-8-16-14(15(3,4)5)10-17(11)9-13-7-6-12(2)18-13/h6-7,11,14,16H,8-10H2,1-5H3. The van der Waals surface area contributed by atoms with E-state index < -0.39 is 0 Å². The summed E-state index contributed by atoms with van der Waals surface area (Å²) in [5.74, 6) is 0. The van der Waals surface area contributed by atoms with Crippen LogP contribution in [0, 0.1) is 12.3 Å². The molecule has 0 radical (unpaired) electrons. The maximum absolute atomic E-state index is 3.69. The van der Waals surface area contributed by atoms with Crippen LogP contribution in [0.1, 0.15) is 37.4 Å². The van der Waals surface area contributed by atoms with Crippen LogP contribution in [0.5, 0.6) is 0 Å². The van der Waals surface area contributed by atoms with Gasteiger partial charge in [-0.2, -0.15) is 0 Å². The highest BCUT2D eigenvalue weighted by molar-refractivity contribution is 7.11. The number of aryl methyl sites for hydroxylation is 1. The van der Waals surface area contributed by atoms with Gasteiger partial charge in [-0.1, -0.05) is 20.8 Å². The minimum Gasteiger partial charge on any atom is -0.311 e. The van der Waals surface area contributed by atoms with Gasteiger partial charge in [-0.05, 0) is 31.4 Å². The molecule has 0 amide bonds. The summed E-state index contributed by atoms with van der Waals surface area (Å²) in [6.07, 6.45) is 0. The van der Waals surface area contributed by atoms with Crippen molar-refractivity contribution < 1.29 is 0 Å². The number of nitrogens with zero attached hydrogens (tertiary/aromatic N) is 1. The van der Waals surface area contributed by atoms with Gasteiger partial charge in [0, 0.05) is 41.5 Å². The minimum absolute atomic E-state index is 0.337. The molecule has 0 spiro atoms. The Hall–Kier alpha value is -0.380. The number of thiophene rings is 1. The molecule has 2 nitrogen and oxygen atoms in total. The molecular weight excluding hydrogens is 240 g/mol. The monoisotopic (exact) mass is 266 g/mol. The second-order valence-corrected chi connectivity index (χ2v) is 7.99. The van der Waals surface area contributed by atoms with E-state index in [9.17, 15) is 0 Å². The Labute approximate surface area is 115 Å². The summed E-state index contributed by atoms with van der Waals surface area (Å²) in [6.45, 7) is 14.9. The van der Waals surface area contributed by atoms with Gasteiger partial charge in [0.1, 0.15) is 0 Å². The molecular formula is C15H26N2S.